The number of carbonyl (C=O) groups is 3. The Bertz CT molecular complexity index is 697. The van der Waals surface area contributed by atoms with Crippen LogP contribution in [0.15, 0.2) is 18.2 Å². The Hall–Kier alpha value is -2.44. The maximum absolute atomic E-state index is 14.1. The van der Waals surface area contributed by atoms with Crippen molar-refractivity contribution in [2.75, 3.05) is 18.4 Å². The first-order valence-corrected chi connectivity index (χ1v) is 8.22. The molecule has 2 amide bonds. The van der Waals surface area contributed by atoms with Crippen LogP contribution in [0.2, 0.25) is 0 Å². The topological polar surface area (TPSA) is 86.7 Å². The van der Waals surface area contributed by atoms with E-state index >= 15 is 0 Å². The van der Waals surface area contributed by atoms with E-state index in [0.717, 1.165) is 6.07 Å². The summed E-state index contributed by atoms with van der Waals surface area (Å²) in [6.07, 6.45) is 1.06. The van der Waals surface area contributed by atoms with Crippen LogP contribution in [0.4, 0.5) is 10.1 Å². The maximum Gasteiger partial charge on any atom is 0.308 e. The van der Waals surface area contributed by atoms with Crippen molar-refractivity contribution in [3.05, 3.63) is 29.6 Å². The van der Waals surface area contributed by atoms with E-state index in [0.29, 0.717) is 25.1 Å². The minimum Gasteiger partial charge on any atom is -0.481 e. The van der Waals surface area contributed by atoms with Gasteiger partial charge in [0.2, 0.25) is 5.91 Å². The smallest absolute Gasteiger partial charge is 0.308 e. The Morgan fingerprint density at radius 2 is 1.96 bits per heavy atom. The van der Waals surface area contributed by atoms with Gasteiger partial charge in [-0.15, -0.1) is 0 Å². The zero-order chi connectivity index (χ0) is 18.8. The number of aliphatic carboxylic acids is 1. The molecule has 0 aromatic heterocycles. The molecule has 0 bridgehead atoms. The SMILES string of the molecule is CC(C)(C)C(=O)Nc1ccc(F)c(C(=O)N2CCC[C@H](C(=O)O)C2)c1. The van der Waals surface area contributed by atoms with Gasteiger partial charge in [-0.1, -0.05) is 20.8 Å². The third-order valence-electron chi connectivity index (χ3n) is 4.19. The van der Waals surface area contributed by atoms with Gasteiger partial charge in [0.05, 0.1) is 11.5 Å². The average molecular weight is 350 g/mol. The van der Waals surface area contributed by atoms with Gasteiger partial charge < -0.3 is 15.3 Å². The highest BCUT2D eigenvalue weighted by Gasteiger charge is 2.30. The number of benzene rings is 1. The Morgan fingerprint density at radius 1 is 1.28 bits per heavy atom. The molecule has 136 valence electrons. The third kappa shape index (κ3) is 4.55. The largest absolute Gasteiger partial charge is 0.481 e. The van der Waals surface area contributed by atoms with Crippen molar-refractivity contribution in [2.24, 2.45) is 11.3 Å². The summed E-state index contributed by atoms with van der Waals surface area (Å²) in [4.78, 5) is 37.2. The highest BCUT2D eigenvalue weighted by Crippen LogP contribution is 2.23. The predicted octanol–water partition coefficient (Wildman–Crippen LogP) is 2.75. The first-order valence-electron chi connectivity index (χ1n) is 8.22. The summed E-state index contributed by atoms with van der Waals surface area (Å²) < 4.78 is 14.1. The number of anilines is 1. The second-order valence-electron chi connectivity index (χ2n) is 7.33. The monoisotopic (exact) mass is 350 g/mol. The van der Waals surface area contributed by atoms with Crippen molar-refractivity contribution in [3.63, 3.8) is 0 Å². The van der Waals surface area contributed by atoms with Crippen molar-refractivity contribution in [3.8, 4) is 0 Å². The molecule has 7 heteroatoms. The summed E-state index contributed by atoms with van der Waals surface area (Å²) in [6, 6.07) is 3.82. The van der Waals surface area contributed by atoms with E-state index in [1.54, 1.807) is 20.8 Å². The number of halogens is 1. The minimum atomic E-state index is -0.954. The molecule has 0 aliphatic carbocycles. The minimum absolute atomic E-state index is 0.0617. The molecule has 2 N–H and O–H groups in total. The number of hydrogen-bond acceptors (Lipinski definition) is 3. The summed E-state index contributed by atoms with van der Waals surface area (Å²) >= 11 is 0. The molecular formula is C18H23FN2O4. The van der Waals surface area contributed by atoms with E-state index in [1.165, 1.54) is 17.0 Å². The summed E-state index contributed by atoms with van der Waals surface area (Å²) in [5, 5.41) is 11.8. The third-order valence-corrected chi connectivity index (χ3v) is 4.19. The number of nitrogens with zero attached hydrogens (tertiary/aromatic N) is 1. The highest BCUT2D eigenvalue weighted by molar-refractivity contribution is 5.98. The van der Waals surface area contributed by atoms with E-state index in [4.69, 9.17) is 5.11 Å². The van der Waals surface area contributed by atoms with Crippen LogP contribution in [0, 0.1) is 17.2 Å². The maximum atomic E-state index is 14.1. The Kier molecular flexibility index (Phi) is 5.45. The Labute approximate surface area is 146 Å². The van der Waals surface area contributed by atoms with Crippen LogP contribution in [-0.2, 0) is 9.59 Å². The molecule has 1 heterocycles. The fourth-order valence-electron chi connectivity index (χ4n) is 2.62. The molecular weight excluding hydrogens is 327 g/mol. The molecule has 1 aromatic carbocycles. The van der Waals surface area contributed by atoms with E-state index in [-0.39, 0.29) is 18.0 Å². The molecule has 0 spiro atoms. The number of rotatable bonds is 3. The van der Waals surface area contributed by atoms with E-state index in [1.807, 2.05) is 0 Å². The van der Waals surface area contributed by atoms with Gasteiger partial charge in [0.1, 0.15) is 5.82 Å². The fourth-order valence-corrected chi connectivity index (χ4v) is 2.62. The lowest BCUT2D eigenvalue weighted by atomic mass is 9.95. The first kappa shape index (κ1) is 18.9. The Morgan fingerprint density at radius 3 is 2.56 bits per heavy atom. The molecule has 1 saturated heterocycles. The van der Waals surface area contributed by atoms with E-state index in [2.05, 4.69) is 5.32 Å². The molecule has 1 atom stereocenters. The molecule has 1 aliphatic rings. The normalized spacial score (nSPS) is 17.9. The lowest BCUT2D eigenvalue weighted by Gasteiger charge is -2.31. The van der Waals surface area contributed by atoms with Crippen LogP contribution in [0.5, 0.6) is 0 Å². The molecule has 1 aromatic rings. The zero-order valence-corrected chi connectivity index (χ0v) is 14.6. The summed E-state index contributed by atoms with van der Waals surface area (Å²) in [5.74, 6) is -3.10. The second-order valence-corrected chi connectivity index (χ2v) is 7.33. The molecule has 1 fully saturated rings. The molecule has 0 radical (unpaired) electrons. The van der Waals surface area contributed by atoms with Crippen molar-refractivity contribution < 1.29 is 23.9 Å². The number of piperidine rings is 1. The average Bonchev–Trinajstić information content (AvgIpc) is 2.55. The van der Waals surface area contributed by atoms with Crippen LogP contribution in [0.1, 0.15) is 44.0 Å². The van der Waals surface area contributed by atoms with Crippen molar-refractivity contribution in [2.45, 2.75) is 33.6 Å². The van der Waals surface area contributed by atoms with Gasteiger partial charge in [0, 0.05) is 24.2 Å². The van der Waals surface area contributed by atoms with Crippen LogP contribution in [-0.4, -0.2) is 40.9 Å². The molecule has 2 rings (SSSR count). The van der Waals surface area contributed by atoms with E-state index < -0.39 is 29.0 Å². The quantitative estimate of drug-likeness (QED) is 0.877. The van der Waals surface area contributed by atoms with Crippen LogP contribution in [0.25, 0.3) is 0 Å². The van der Waals surface area contributed by atoms with Crippen LogP contribution < -0.4 is 5.32 Å². The predicted molar refractivity (Wildman–Crippen MR) is 90.7 cm³/mol. The standard InChI is InChI=1S/C18H23FN2O4/c1-18(2,3)17(25)20-12-6-7-14(19)13(9-12)15(22)21-8-4-5-11(10-21)16(23)24/h6-7,9,11H,4-5,8,10H2,1-3H3,(H,20,25)(H,23,24)/t11-/m0/s1. The van der Waals surface area contributed by atoms with Gasteiger partial charge in [-0.3, -0.25) is 14.4 Å². The number of amides is 2. The highest BCUT2D eigenvalue weighted by atomic mass is 19.1. The van der Waals surface area contributed by atoms with Crippen molar-refractivity contribution in [1.29, 1.82) is 0 Å². The lowest BCUT2D eigenvalue weighted by Crippen LogP contribution is -2.42. The van der Waals surface area contributed by atoms with Gasteiger partial charge in [-0.05, 0) is 31.0 Å². The van der Waals surface area contributed by atoms with Crippen molar-refractivity contribution in [1.82, 2.24) is 4.90 Å². The van der Waals surface area contributed by atoms with Crippen LogP contribution >= 0.6 is 0 Å². The van der Waals surface area contributed by atoms with Gasteiger partial charge in [0.15, 0.2) is 0 Å². The fraction of sp³-hybridized carbons (Fsp3) is 0.500. The Balaban J connectivity index is 2.20. The van der Waals surface area contributed by atoms with Gasteiger partial charge in [0.25, 0.3) is 5.91 Å². The number of carboxylic acids is 1. The summed E-state index contributed by atoms with van der Waals surface area (Å²) in [5.41, 5.74) is -0.464. The molecule has 1 aliphatic heterocycles. The van der Waals surface area contributed by atoms with Gasteiger partial charge in [-0.25, -0.2) is 4.39 Å². The first-order chi connectivity index (χ1) is 11.6. The molecule has 0 saturated carbocycles. The van der Waals surface area contributed by atoms with Gasteiger partial charge in [-0.2, -0.15) is 0 Å². The number of hydrogen-bond donors (Lipinski definition) is 2. The molecule has 0 unspecified atom stereocenters. The summed E-state index contributed by atoms with van der Waals surface area (Å²) in [6.45, 7) is 5.69. The number of nitrogens with one attached hydrogen (secondary N) is 1. The molecule has 6 nitrogen and oxygen atoms in total. The second kappa shape index (κ2) is 7.21. The number of likely N-dealkylation sites (tertiary alicyclic amines) is 1. The van der Waals surface area contributed by atoms with Crippen LogP contribution in [0.3, 0.4) is 0 Å². The summed E-state index contributed by atoms with van der Waals surface area (Å²) in [7, 11) is 0. The lowest BCUT2D eigenvalue weighted by molar-refractivity contribution is -0.143. The number of carboxylic acid groups (broad SMARTS) is 1. The zero-order valence-electron chi connectivity index (χ0n) is 14.6. The van der Waals surface area contributed by atoms with Crippen molar-refractivity contribution >= 4 is 23.5 Å². The van der Waals surface area contributed by atoms with E-state index in [9.17, 15) is 18.8 Å². The number of carbonyl (C=O) groups excluding carboxylic acids is 2. The van der Waals surface area contributed by atoms with Gasteiger partial charge >= 0.3 is 5.97 Å². The molecule has 25 heavy (non-hydrogen) atoms.